The zero-order valence-electron chi connectivity index (χ0n) is 17.9. The highest BCUT2D eigenvalue weighted by Gasteiger charge is 2.12. The molecule has 0 unspecified atom stereocenters. The number of hydrogen-bond donors (Lipinski definition) is 2. The van der Waals surface area contributed by atoms with Crippen LogP contribution in [0.1, 0.15) is 17.3 Å². The van der Waals surface area contributed by atoms with E-state index in [9.17, 15) is 9.59 Å². The van der Waals surface area contributed by atoms with Gasteiger partial charge in [-0.2, -0.15) is 0 Å². The van der Waals surface area contributed by atoms with Gasteiger partial charge in [-0.3, -0.25) is 9.59 Å². The van der Waals surface area contributed by atoms with Crippen molar-refractivity contribution >= 4 is 79.2 Å². The number of thioether (sulfide) groups is 1. The minimum atomic E-state index is -0.343. The standard InChI is InChI=1S/C24H19Cl2N3O3S2/c1-2-32-16-7-9-20-21(12-16)34-24(28-20)29-22(30)13-33-17-5-3-4-15(11-17)27-23(31)18-8-6-14(25)10-19(18)26/h3-12H,2,13H2,1H3,(H,27,31)(H,28,29,30). The van der Waals surface area contributed by atoms with Crippen molar-refractivity contribution in [2.45, 2.75) is 11.8 Å². The van der Waals surface area contributed by atoms with Crippen LogP contribution in [0.25, 0.3) is 10.2 Å². The van der Waals surface area contributed by atoms with E-state index in [1.807, 2.05) is 37.3 Å². The van der Waals surface area contributed by atoms with Crippen LogP contribution < -0.4 is 15.4 Å². The van der Waals surface area contributed by atoms with Gasteiger partial charge < -0.3 is 15.4 Å². The molecule has 6 nitrogen and oxygen atoms in total. The van der Waals surface area contributed by atoms with Gasteiger partial charge in [0.1, 0.15) is 5.75 Å². The third-order valence-corrected chi connectivity index (χ3v) is 7.03. The number of amides is 2. The Balaban J connectivity index is 1.34. The lowest BCUT2D eigenvalue weighted by Gasteiger charge is -2.09. The molecule has 34 heavy (non-hydrogen) atoms. The van der Waals surface area contributed by atoms with E-state index in [0.29, 0.717) is 28.0 Å². The largest absolute Gasteiger partial charge is 0.494 e. The molecule has 0 bridgehead atoms. The first-order valence-electron chi connectivity index (χ1n) is 10.2. The molecule has 10 heteroatoms. The highest BCUT2D eigenvalue weighted by molar-refractivity contribution is 8.00. The van der Waals surface area contributed by atoms with Gasteiger partial charge in [0, 0.05) is 15.6 Å². The minimum Gasteiger partial charge on any atom is -0.494 e. The van der Waals surface area contributed by atoms with Gasteiger partial charge in [-0.1, -0.05) is 40.6 Å². The second-order valence-electron chi connectivity index (χ2n) is 7.02. The molecular formula is C24H19Cl2N3O3S2. The maximum Gasteiger partial charge on any atom is 0.257 e. The first-order chi connectivity index (χ1) is 16.4. The quantitative estimate of drug-likeness (QED) is 0.239. The second kappa shape index (κ2) is 11.1. The molecule has 2 N–H and O–H groups in total. The van der Waals surface area contributed by atoms with Gasteiger partial charge in [-0.15, -0.1) is 11.8 Å². The summed E-state index contributed by atoms with van der Waals surface area (Å²) in [5.74, 6) is 0.458. The van der Waals surface area contributed by atoms with E-state index in [4.69, 9.17) is 27.9 Å². The number of fused-ring (bicyclic) bond motifs is 1. The number of nitrogens with zero attached hydrogens (tertiary/aromatic N) is 1. The lowest BCUT2D eigenvalue weighted by molar-refractivity contribution is -0.113. The molecule has 0 fully saturated rings. The van der Waals surface area contributed by atoms with Crippen molar-refractivity contribution in [2.24, 2.45) is 0 Å². The van der Waals surface area contributed by atoms with Crippen molar-refractivity contribution in [3.05, 3.63) is 76.3 Å². The molecular weight excluding hydrogens is 513 g/mol. The Morgan fingerprint density at radius 2 is 1.91 bits per heavy atom. The Hall–Kier alpha value is -2.78. The Morgan fingerprint density at radius 3 is 2.71 bits per heavy atom. The summed E-state index contributed by atoms with van der Waals surface area (Å²) in [6, 6.07) is 17.6. The monoisotopic (exact) mass is 531 g/mol. The summed E-state index contributed by atoms with van der Waals surface area (Å²) in [6.45, 7) is 2.52. The fraction of sp³-hybridized carbons (Fsp3) is 0.125. The summed E-state index contributed by atoms with van der Waals surface area (Å²) in [7, 11) is 0. The van der Waals surface area contributed by atoms with Crippen LogP contribution >= 0.6 is 46.3 Å². The maximum atomic E-state index is 12.5. The molecule has 174 valence electrons. The Labute approximate surface area is 214 Å². The predicted octanol–water partition coefficient (Wildman–Crippen LogP) is 6.98. The van der Waals surface area contributed by atoms with Crippen LogP contribution in [-0.4, -0.2) is 29.2 Å². The molecule has 0 aliphatic heterocycles. The summed E-state index contributed by atoms with van der Waals surface area (Å²) in [6.07, 6.45) is 0. The fourth-order valence-corrected chi connectivity index (χ4v) is 5.21. The SMILES string of the molecule is CCOc1ccc2nc(NC(=O)CSc3cccc(NC(=O)c4ccc(Cl)cc4Cl)c3)sc2c1. The van der Waals surface area contributed by atoms with Crippen molar-refractivity contribution < 1.29 is 14.3 Å². The number of rotatable bonds is 8. The van der Waals surface area contributed by atoms with Crippen molar-refractivity contribution in [3.63, 3.8) is 0 Å². The van der Waals surface area contributed by atoms with Gasteiger partial charge in [0.05, 0.1) is 33.2 Å². The van der Waals surface area contributed by atoms with Crippen LogP contribution in [0.2, 0.25) is 10.0 Å². The summed E-state index contributed by atoms with van der Waals surface area (Å²) in [5.41, 5.74) is 1.73. The summed E-state index contributed by atoms with van der Waals surface area (Å²) >= 11 is 14.8. The van der Waals surface area contributed by atoms with E-state index < -0.39 is 0 Å². The first-order valence-corrected chi connectivity index (χ1v) is 12.8. The van der Waals surface area contributed by atoms with E-state index in [1.54, 1.807) is 24.3 Å². The van der Waals surface area contributed by atoms with Crippen LogP contribution in [0.3, 0.4) is 0 Å². The number of anilines is 2. The number of ether oxygens (including phenoxy) is 1. The molecule has 0 aliphatic carbocycles. The molecule has 4 rings (SSSR count). The summed E-state index contributed by atoms with van der Waals surface area (Å²) in [4.78, 5) is 30.3. The zero-order chi connectivity index (χ0) is 24.1. The predicted molar refractivity (Wildman–Crippen MR) is 141 cm³/mol. The van der Waals surface area contributed by atoms with E-state index >= 15 is 0 Å². The molecule has 0 saturated heterocycles. The van der Waals surface area contributed by atoms with Crippen molar-refractivity contribution in [2.75, 3.05) is 23.0 Å². The van der Waals surface area contributed by atoms with Gasteiger partial charge in [0.2, 0.25) is 5.91 Å². The van der Waals surface area contributed by atoms with Crippen LogP contribution in [0.5, 0.6) is 5.75 Å². The number of thiazole rings is 1. The van der Waals surface area contributed by atoms with Crippen LogP contribution in [-0.2, 0) is 4.79 Å². The van der Waals surface area contributed by atoms with Gasteiger partial charge in [0.25, 0.3) is 5.91 Å². The maximum absolute atomic E-state index is 12.5. The van der Waals surface area contributed by atoms with Gasteiger partial charge in [0.15, 0.2) is 5.13 Å². The van der Waals surface area contributed by atoms with E-state index in [1.165, 1.54) is 29.2 Å². The number of halogens is 2. The fourth-order valence-electron chi connectivity index (χ4n) is 3.05. The number of carbonyl (C=O) groups is 2. The Kier molecular flexibility index (Phi) is 7.95. The van der Waals surface area contributed by atoms with Gasteiger partial charge >= 0.3 is 0 Å². The lowest BCUT2D eigenvalue weighted by Crippen LogP contribution is -2.14. The van der Waals surface area contributed by atoms with Gasteiger partial charge in [-0.05, 0) is 61.5 Å². The first kappa shape index (κ1) is 24.3. The number of hydrogen-bond acceptors (Lipinski definition) is 6. The Bertz CT molecular complexity index is 1360. The number of carbonyl (C=O) groups excluding carboxylic acids is 2. The summed E-state index contributed by atoms with van der Waals surface area (Å²) < 4.78 is 6.45. The average Bonchev–Trinajstić information content (AvgIpc) is 3.19. The normalized spacial score (nSPS) is 10.8. The molecule has 2 amide bonds. The summed E-state index contributed by atoms with van der Waals surface area (Å²) in [5, 5.41) is 6.93. The molecule has 1 aromatic heterocycles. The second-order valence-corrected chi connectivity index (χ2v) is 9.95. The lowest BCUT2D eigenvalue weighted by atomic mass is 10.2. The third kappa shape index (κ3) is 6.21. The molecule has 4 aromatic rings. The number of nitrogens with one attached hydrogen (secondary N) is 2. The van der Waals surface area contributed by atoms with Crippen molar-refractivity contribution in [1.29, 1.82) is 0 Å². The average molecular weight is 532 g/mol. The third-order valence-electron chi connectivity index (χ3n) is 4.55. The Morgan fingerprint density at radius 1 is 1.06 bits per heavy atom. The van der Waals surface area contributed by atoms with Gasteiger partial charge in [-0.25, -0.2) is 4.98 Å². The van der Waals surface area contributed by atoms with Crippen LogP contribution in [0.15, 0.2) is 65.6 Å². The topological polar surface area (TPSA) is 80.3 Å². The van der Waals surface area contributed by atoms with Crippen molar-refractivity contribution in [1.82, 2.24) is 4.98 Å². The molecule has 0 saturated carbocycles. The highest BCUT2D eigenvalue weighted by atomic mass is 35.5. The molecule has 0 radical (unpaired) electrons. The number of benzene rings is 3. The minimum absolute atomic E-state index is 0.170. The van der Waals surface area contributed by atoms with E-state index in [2.05, 4.69) is 15.6 Å². The molecule has 0 atom stereocenters. The molecule has 1 heterocycles. The number of aromatic nitrogens is 1. The van der Waals surface area contributed by atoms with Crippen LogP contribution in [0.4, 0.5) is 10.8 Å². The molecule has 3 aromatic carbocycles. The van der Waals surface area contributed by atoms with Crippen molar-refractivity contribution in [3.8, 4) is 5.75 Å². The molecule has 0 spiro atoms. The smallest absolute Gasteiger partial charge is 0.257 e. The molecule has 0 aliphatic rings. The highest BCUT2D eigenvalue weighted by Crippen LogP contribution is 2.30. The van der Waals surface area contributed by atoms with E-state index in [0.717, 1.165) is 20.9 Å². The van der Waals surface area contributed by atoms with Crippen LogP contribution in [0, 0.1) is 0 Å². The zero-order valence-corrected chi connectivity index (χ0v) is 21.1. The van der Waals surface area contributed by atoms with E-state index in [-0.39, 0.29) is 22.6 Å².